The second kappa shape index (κ2) is 17.6. The molecule has 3 heterocycles. The lowest BCUT2D eigenvalue weighted by Crippen LogP contribution is -2.66. The molecule has 3 aliphatic heterocycles. The Bertz CT molecular complexity index is 1560. The van der Waals surface area contributed by atoms with Crippen LogP contribution in [0.5, 0.6) is 23.0 Å². The lowest BCUT2D eigenvalue weighted by Gasteiger charge is -2.48. The van der Waals surface area contributed by atoms with Crippen molar-refractivity contribution in [3.05, 3.63) is 53.6 Å². The van der Waals surface area contributed by atoms with E-state index in [-0.39, 0.29) is 30.3 Å². The van der Waals surface area contributed by atoms with Crippen molar-refractivity contribution < 1.29 is 94.1 Å². The molecule has 53 heavy (non-hydrogen) atoms. The average molecular weight is 757 g/mol. The number of phenolic OH excluding ortho intramolecular Hbond substituents is 4. The monoisotopic (exact) mass is 756 g/mol. The van der Waals surface area contributed by atoms with Crippen LogP contribution < -0.4 is 0 Å². The molecule has 0 aliphatic carbocycles. The van der Waals surface area contributed by atoms with E-state index >= 15 is 0 Å². The standard InChI is InChI=1S/C34H44O19/c1-14-24(42)26(44)31(53-32-27(45)25(43)21(40)13-48-32)34(49-14)52-30-28(46)33(47-9-8-16-3-6-18(37)20(39)11-16)50-22(12-35)29(30)51-23(41)7-4-15-2-5-17(36)19(38)10-15/h2-7,10-11,14,21-22,24-40,42-46H,8-9,12-13H2,1H3/b7-4+/t14-,21-,22+,24-,25+,26+,27+,28+,29+,30+,31+,32-,33+,34-/m0/s1. The van der Waals surface area contributed by atoms with Gasteiger partial charge in [-0.15, -0.1) is 0 Å². The highest BCUT2D eigenvalue weighted by molar-refractivity contribution is 5.87. The van der Waals surface area contributed by atoms with Gasteiger partial charge >= 0.3 is 5.97 Å². The predicted octanol–water partition coefficient (Wildman–Crippen LogP) is -2.55. The SMILES string of the molecule is C[C@@H]1O[C@@H](O[C@@H]2[C@@H](O)[C@H](OCCc3ccc(O)c(O)c3)O[C@H](CO)[C@H]2OC(=O)/C=C/c2ccc(O)c(O)c2)[C@H](O[C@@H]2OC[C@H](O)[C@@H](O)[C@H]2O)[C@H](O)[C@H]1O. The summed E-state index contributed by atoms with van der Waals surface area (Å²) < 4.78 is 40.1. The largest absolute Gasteiger partial charge is 0.504 e. The van der Waals surface area contributed by atoms with E-state index in [0.29, 0.717) is 11.1 Å². The molecule has 19 heteroatoms. The summed E-state index contributed by atoms with van der Waals surface area (Å²) in [4.78, 5) is 13.1. The molecule has 5 rings (SSSR count). The number of benzene rings is 2. The topological polar surface area (TPSA) is 304 Å². The number of carbonyl (C=O) groups excluding carboxylic acids is 1. The third-order valence-corrected chi connectivity index (χ3v) is 8.99. The number of hydrogen-bond acceptors (Lipinski definition) is 19. The average Bonchev–Trinajstić information content (AvgIpc) is 3.13. The van der Waals surface area contributed by atoms with E-state index in [2.05, 4.69) is 0 Å². The van der Waals surface area contributed by atoms with Crippen LogP contribution in [0.2, 0.25) is 0 Å². The summed E-state index contributed by atoms with van der Waals surface area (Å²) in [6, 6.07) is 7.85. The van der Waals surface area contributed by atoms with E-state index in [4.69, 9.17) is 33.2 Å². The number of hydrogen-bond donors (Lipinski definition) is 11. The van der Waals surface area contributed by atoms with Gasteiger partial charge in [0.05, 0.1) is 25.9 Å². The van der Waals surface area contributed by atoms with Gasteiger partial charge in [0, 0.05) is 6.08 Å². The molecule has 2 aromatic carbocycles. The van der Waals surface area contributed by atoms with E-state index < -0.39 is 111 Å². The van der Waals surface area contributed by atoms with E-state index in [1.165, 1.54) is 49.4 Å². The zero-order valence-electron chi connectivity index (χ0n) is 28.2. The Hall–Kier alpha value is -3.67. The highest BCUT2D eigenvalue weighted by atomic mass is 16.8. The number of aromatic hydroxyl groups is 4. The lowest BCUT2D eigenvalue weighted by molar-refractivity contribution is -0.381. The molecule has 2 aromatic rings. The smallest absolute Gasteiger partial charge is 0.331 e. The van der Waals surface area contributed by atoms with Crippen LogP contribution in [0.4, 0.5) is 0 Å². The summed E-state index contributed by atoms with van der Waals surface area (Å²) >= 11 is 0. The summed E-state index contributed by atoms with van der Waals surface area (Å²) in [6.45, 7) is -0.0224. The van der Waals surface area contributed by atoms with Crippen molar-refractivity contribution in [1.29, 1.82) is 0 Å². The Morgan fingerprint density at radius 2 is 1.43 bits per heavy atom. The first kappa shape index (κ1) is 40.5. The Morgan fingerprint density at radius 3 is 2.11 bits per heavy atom. The van der Waals surface area contributed by atoms with Crippen molar-refractivity contribution in [3.63, 3.8) is 0 Å². The van der Waals surface area contributed by atoms with Gasteiger partial charge in [-0.3, -0.25) is 0 Å². The van der Waals surface area contributed by atoms with Gasteiger partial charge in [0.25, 0.3) is 0 Å². The van der Waals surface area contributed by atoms with Gasteiger partial charge in [0.15, 0.2) is 48.0 Å². The van der Waals surface area contributed by atoms with Crippen LogP contribution in [-0.2, 0) is 44.4 Å². The minimum absolute atomic E-state index is 0.137. The first-order valence-electron chi connectivity index (χ1n) is 16.6. The predicted molar refractivity (Wildman–Crippen MR) is 174 cm³/mol. The summed E-state index contributed by atoms with van der Waals surface area (Å²) in [5.74, 6) is -2.58. The van der Waals surface area contributed by atoms with Crippen molar-refractivity contribution in [2.75, 3.05) is 19.8 Å². The highest BCUT2D eigenvalue weighted by Crippen LogP contribution is 2.34. The quantitative estimate of drug-likeness (QED) is 0.0603. The van der Waals surface area contributed by atoms with Crippen LogP contribution >= 0.6 is 0 Å². The van der Waals surface area contributed by atoms with Crippen LogP contribution in [0.15, 0.2) is 42.5 Å². The van der Waals surface area contributed by atoms with Crippen LogP contribution in [0.25, 0.3) is 6.08 Å². The van der Waals surface area contributed by atoms with Gasteiger partial charge in [-0.25, -0.2) is 4.79 Å². The van der Waals surface area contributed by atoms with E-state index in [0.717, 1.165) is 6.08 Å². The van der Waals surface area contributed by atoms with Crippen LogP contribution in [0.1, 0.15) is 18.1 Å². The van der Waals surface area contributed by atoms with E-state index in [1.807, 2.05) is 0 Å². The molecule has 3 fully saturated rings. The van der Waals surface area contributed by atoms with Crippen molar-refractivity contribution in [2.24, 2.45) is 0 Å². The first-order valence-corrected chi connectivity index (χ1v) is 16.6. The number of ether oxygens (including phenoxy) is 7. The Kier molecular flexibility index (Phi) is 13.5. The van der Waals surface area contributed by atoms with Gasteiger partial charge in [-0.05, 0) is 54.8 Å². The molecule has 0 aromatic heterocycles. The van der Waals surface area contributed by atoms with Crippen molar-refractivity contribution in [1.82, 2.24) is 0 Å². The van der Waals surface area contributed by atoms with Crippen molar-refractivity contribution in [2.45, 2.75) is 99.4 Å². The number of aliphatic hydroxyl groups excluding tert-OH is 7. The molecule has 14 atom stereocenters. The molecule has 0 bridgehead atoms. The van der Waals surface area contributed by atoms with Gasteiger partial charge in [-0.1, -0.05) is 12.1 Å². The fourth-order valence-corrected chi connectivity index (χ4v) is 5.94. The zero-order valence-corrected chi connectivity index (χ0v) is 28.2. The maximum absolute atomic E-state index is 13.1. The third kappa shape index (κ3) is 9.53. The molecule has 0 spiro atoms. The first-order chi connectivity index (χ1) is 25.2. The minimum Gasteiger partial charge on any atom is -0.504 e. The van der Waals surface area contributed by atoms with Crippen molar-refractivity contribution in [3.8, 4) is 23.0 Å². The molecular weight excluding hydrogens is 712 g/mol. The zero-order chi connectivity index (χ0) is 38.6. The number of phenols is 4. The lowest BCUT2D eigenvalue weighted by atomic mass is 9.96. The number of esters is 1. The molecule has 0 saturated carbocycles. The molecule has 3 aliphatic rings. The summed E-state index contributed by atoms with van der Waals surface area (Å²) in [5, 5.41) is 113. The van der Waals surface area contributed by atoms with Crippen LogP contribution in [0.3, 0.4) is 0 Å². The Morgan fingerprint density at radius 1 is 0.755 bits per heavy atom. The highest BCUT2D eigenvalue weighted by Gasteiger charge is 2.54. The number of aliphatic hydroxyl groups is 7. The Labute approximate surface area is 302 Å². The fraction of sp³-hybridized carbons (Fsp3) is 0.559. The fourth-order valence-electron chi connectivity index (χ4n) is 5.94. The molecule has 0 radical (unpaired) electrons. The molecule has 19 nitrogen and oxygen atoms in total. The number of carbonyl (C=O) groups is 1. The van der Waals surface area contributed by atoms with Gasteiger partial charge in [0.1, 0.15) is 54.9 Å². The second-order valence-electron chi connectivity index (χ2n) is 12.8. The summed E-state index contributed by atoms with van der Waals surface area (Å²) in [5.41, 5.74) is 0.834. The van der Waals surface area contributed by atoms with Gasteiger partial charge in [0.2, 0.25) is 0 Å². The van der Waals surface area contributed by atoms with Crippen molar-refractivity contribution >= 4 is 12.0 Å². The maximum Gasteiger partial charge on any atom is 0.331 e. The van der Waals surface area contributed by atoms with Gasteiger partial charge < -0.3 is 89.3 Å². The molecule has 3 saturated heterocycles. The summed E-state index contributed by atoms with van der Waals surface area (Å²) in [6.07, 6.45) is -20.3. The van der Waals surface area contributed by atoms with Crippen LogP contribution in [0, 0.1) is 0 Å². The van der Waals surface area contributed by atoms with E-state index in [9.17, 15) is 61.0 Å². The molecule has 11 N–H and O–H groups in total. The normalized spacial score (nSPS) is 36.4. The molecule has 0 amide bonds. The van der Waals surface area contributed by atoms with Gasteiger partial charge in [-0.2, -0.15) is 0 Å². The Balaban J connectivity index is 1.39. The third-order valence-electron chi connectivity index (χ3n) is 8.99. The summed E-state index contributed by atoms with van der Waals surface area (Å²) in [7, 11) is 0. The maximum atomic E-state index is 13.1. The van der Waals surface area contributed by atoms with Crippen LogP contribution in [-0.4, -0.2) is 168 Å². The minimum atomic E-state index is -1.82. The molecular formula is C34H44O19. The molecule has 0 unspecified atom stereocenters. The van der Waals surface area contributed by atoms with E-state index in [1.54, 1.807) is 0 Å². The second-order valence-corrected chi connectivity index (χ2v) is 12.8. The molecule has 294 valence electrons. The number of rotatable bonds is 12.